The van der Waals surface area contributed by atoms with Crippen molar-refractivity contribution in [2.24, 2.45) is 4.99 Å². The van der Waals surface area contributed by atoms with E-state index in [4.69, 9.17) is 0 Å². The first-order valence-electron chi connectivity index (χ1n) is 8.29. The molecule has 1 aromatic heterocycles. The molecule has 0 aliphatic carbocycles. The summed E-state index contributed by atoms with van der Waals surface area (Å²) in [4.78, 5) is 20.2. The molecule has 0 saturated heterocycles. The number of hydrogen-bond donors (Lipinski definition) is 3. The SMILES string of the molecule is CN=C(NCCC(=O)Nc1ccc(C)cn1)NCc1ccc(C)cc1.I. The molecule has 0 fully saturated rings. The number of halogens is 1. The molecule has 0 spiro atoms. The van der Waals surface area contributed by atoms with E-state index >= 15 is 0 Å². The fraction of sp³-hybridized carbons (Fsp3) is 0.316. The van der Waals surface area contributed by atoms with E-state index in [-0.39, 0.29) is 29.9 Å². The van der Waals surface area contributed by atoms with E-state index < -0.39 is 0 Å². The third kappa shape index (κ3) is 7.81. The number of carbonyl (C=O) groups excluding carboxylic acids is 1. The Bertz CT molecular complexity index is 714. The Hall–Kier alpha value is -2.16. The van der Waals surface area contributed by atoms with Crippen LogP contribution >= 0.6 is 24.0 Å². The zero-order valence-corrected chi connectivity index (χ0v) is 17.7. The zero-order valence-electron chi connectivity index (χ0n) is 15.4. The third-order valence-electron chi connectivity index (χ3n) is 3.63. The summed E-state index contributed by atoms with van der Waals surface area (Å²) in [5.74, 6) is 1.15. The number of amides is 1. The van der Waals surface area contributed by atoms with Crippen LogP contribution in [0.5, 0.6) is 0 Å². The van der Waals surface area contributed by atoms with Gasteiger partial charge in [-0.3, -0.25) is 9.79 Å². The molecule has 0 bridgehead atoms. The summed E-state index contributed by atoms with van der Waals surface area (Å²) in [5, 5.41) is 9.14. The van der Waals surface area contributed by atoms with Gasteiger partial charge in [0, 0.05) is 32.8 Å². The van der Waals surface area contributed by atoms with Crippen molar-refractivity contribution in [3.05, 3.63) is 59.3 Å². The highest BCUT2D eigenvalue weighted by Gasteiger charge is 2.04. The minimum Gasteiger partial charge on any atom is -0.356 e. The van der Waals surface area contributed by atoms with E-state index in [0.717, 1.165) is 5.56 Å². The Morgan fingerprint density at radius 3 is 2.35 bits per heavy atom. The number of nitrogens with one attached hydrogen (secondary N) is 3. The Labute approximate surface area is 171 Å². The summed E-state index contributed by atoms with van der Waals surface area (Å²) >= 11 is 0. The molecular weight excluding hydrogens is 441 g/mol. The monoisotopic (exact) mass is 467 g/mol. The van der Waals surface area contributed by atoms with Gasteiger partial charge in [0.1, 0.15) is 5.82 Å². The fourth-order valence-electron chi connectivity index (χ4n) is 2.15. The van der Waals surface area contributed by atoms with Crippen LogP contribution in [0.3, 0.4) is 0 Å². The van der Waals surface area contributed by atoms with Crippen LogP contribution in [0.1, 0.15) is 23.1 Å². The first-order valence-corrected chi connectivity index (χ1v) is 8.29. The molecule has 0 aliphatic rings. The maximum atomic E-state index is 11.9. The highest BCUT2D eigenvalue weighted by Crippen LogP contribution is 2.04. The standard InChI is InChI=1S/C19H25N5O.HI/c1-14-4-7-16(8-5-14)13-23-19(20-3)21-11-10-18(25)24-17-9-6-15(2)12-22-17;/h4-9,12H,10-11,13H2,1-3H3,(H2,20,21,23)(H,22,24,25);1H. The first-order chi connectivity index (χ1) is 12.1. The lowest BCUT2D eigenvalue weighted by molar-refractivity contribution is -0.116. The first kappa shape index (κ1) is 21.9. The number of carbonyl (C=O) groups is 1. The smallest absolute Gasteiger partial charge is 0.227 e. The van der Waals surface area contributed by atoms with Crippen LogP contribution in [0.4, 0.5) is 5.82 Å². The topological polar surface area (TPSA) is 78.4 Å². The molecule has 0 saturated carbocycles. The highest BCUT2D eigenvalue weighted by molar-refractivity contribution is 14.0. The van der Waals surface area contributed by atoms with Crippen molar-refractivity contribution in [3.8, 4) is 0 Å². The molecule has 1 amide bonds. The predicted octanol–water partition coefficient (Wildman–Crippen LogP) is 3.01. The number of aliphatic imine (C=N–C) groups is 1. The van der Waals surface area contributed by atoms with Crippen molar-refractivity contribution < 1.29 is 4.79 Å². The molecule has 3 N–H and O–H groups in total. The van der Waals surface area contributed by atoms with E-state index in [9.17, 15) is 4.79 Å². The van der Waals surface area contributed by atoms with Crippen molar-refractivity contribution >= 4 is 41.7 Å². The maximum Gasteiger partial charge on any atom is 0.227 e. The van der Waals surface area contributed by atoms with Gasteiger partial charge < -0.3 is 16.0 Å². The predicted molar refractivity (Wildman–Crippen MR) is 117 cm³/mol. The maximum absolute atomic E-state index is 11.9. The summed E-state index contributed by atoms with van der Waals surface area (Å²) in [6, 6.07) is 12.0. The lowest BCUT2D eigenvalue weighted by Gasteiger charge is -2.12. The van der Waals surface area contributed by atoms with Gasteiger partial charge in [0.25, 0.3) is 0 Å². The van der Waals surface area contributed by atoms with Crippen molar-refractivity contribution in [2.75, 3.05) is 18.9 Å². The second-order valence-corrected chi connectivity index (χ2v) is 5.86. The van der Waals surface area contributed by atoms with Crippen molar-refractivity contribution in [1.82, 2.24) is 15.6 Å². The second-order valence-electron chi connectivity index (χ2n) is 5.86. The summed E-state index contributed by atoms with van der Waals surface area (Å²) in [7, 11) is 1.71. The third-order valence-corrected chi connectivity index (χ3v) is 3.63. The molecular formula is C19H26IN5O. The van der Waals surface area contributed by atoms with Crippen LogP contribution in [-0.4, -0.2) is 30.4 Å². The Balaban J connectivity index is 0.00000338. The highest BCUT2D eigenvalue weighted by atomic mass is 127. The molecule has 2 aromatic rings. The van der Waals surface area contributed by atoms with E-state index in [1.165, 1.54) is 11.1 Å². The molecule has 0 aliphatic heterocycles. The number of rotatable bonds is 6. The second kappa shape index (κ2) is 11.5. The molecule has 1 aromatic carbocycles. The lowest BCUT2D eigenvalue weighted by Crippen LogP contribution is -2.38. The van der Waals surface area contributed by atoms with Gasteiger partial charge in [-0.15, -0.1) is 24.0 Å². The molecule has 6 nitrogen and oxygen atoms in total. The average Bonchev–Trinajstić information content (AvgIpc) is 2.61. The molecule has 26 heavy (non-hydrogen) atoms. The van der Waals surface area contributed by atoms with Gasteiger partial charge in [0.2, 0.25) is 5.91 Å². The van der Waals surface area contributed by atoms with Crippen LogP contribution in [0.2, 0.25) is 0 Å². The van der Waals surface area contributed by atoms with Crippen LogP contribution in [0, 0.1) is 13.8 Å². The van der Waals surface area contributed by atoms with Gasteiger partial charge >= 0.3 is 0 Å². The minimum absolute atomic E-state index is 0. The molecule has 2 rings (SSSR count). The van der Waals surface area contributed by atoms with Crippen LogP contribution in [0.15, 0.2) is 47.6 Å². The number of aromatic nitrogens is 1. The number of hydrogen-bond acceptors (Lipinski definition) is 3. The summed E-state index contributed by atoms with van der Waals surface area (Å²) in [6.45, 7) is 5.19. The van der Waals surface area contributed by atoms with Crippen LogP contribution < -0.4 is 16.0 Å². The van der Waals surface area contributed by atoms with Crippen molar-refractivity contribution in [2.45, 2.75) is 26.8 Å². The number of benzene rings is 1. The Kier molecular flexibility index (Phi) is 9.64. The van der Waals surface area contributed by atoms with Gasteiger partial charge in [-0.25, -0.2) is 4.98 Å². The van der Waals surface area contributed by atoms with Gasteiger partial charge in [-0.05, 0) is 31.0 Å². The van der Waals surface area contributed by atoms with Crippen molar-refractivity contribution in [3.63, 3.8) is 0 Å². The molecule has 7 heteroatoms. The quantitative estimate of drug-likeness (QED) is 0.347. The van der Waals surface area contributed by atoms with Gasteiger partial charge in [0.05, 0.1) is 0 Å². The van der Waals surface area contributed by atoms with Gasteiger partial charge in [-0.2, -0.15) is 0 Å². The molecule has 0 atom stereocenters. The van der Waals surface area contributed by atoms with E-state index in [0.29, 0.717) is 31.3 Å². The van der Waals surface area contributed by atoms with Gasteiger partial charge in [-0.1, -0.05) is 35.9 Å². The Morgan fingerprint density at radius 1 is 1.04 bits per heavy atom. The van der Waals surface area contributed by atoms with E-state index in [1.807, 2.05) is 13.0 Å². The molecule has 140 valence electrons. The minimum atomic E-state index is -0.0853. The summed E-state index contributed by atoms with van der Waals surface area (Å²) in [6.07, 6.45) is 2.06. The number of nitrogens with zero attached hydrogens (tertiary/aromatic N) is 2. The Morgan fingerprint density at radius 2 is 1.73 bits per heavy atom. The lowest BCUT2D eigenvalue weighted by atomic mass is 10.1. The number of aryl methyl sites for hydroxylation is 2. The zero-order chi connectivity index (χ0) is 18.1. The number of anilines is 1. The normalized spacial score (nSPS) is 10.7. The molecule has 1 heterocycles. The molecule has 0 unspecified atom stereocenters. The summed E-state index contributed by atoms with van der Waals surface area (Å²) in [5.41, 5.74) is 3.47. The van der Waals surface area contributed by atoms with Crippen molar-refractivity contribution in [1.29, 1.82) is 0 Å². The van der Waals surface area contributed by atoms with Crippen LogP contribution in [-0.2, 0) is 11.3 Å². The summed E-state index contributed by atoms with van der Waals surface area (Å²) < 4.78 is 0. The largest absolute Gasteiger partial charge is 0.356 e. The molecule has 0 radical (unpaired) electrons. The number of guanidine groups is 1. The fourth-order valence-corrected chi connectivity index (χ4v) is 2.15. The average molecular weight is 467 g/mol. The van der Waals surface area contributed by atoms with E-state index in [2.05, 4.69) is 57.1 Å². The number of pyridine rings is 1. The van der Waals surface area contributed by atoms with E-state index in [1.54, 1.807) is 19.3 Å². The van der Waals surface area contributed by atoms with Crippen LogP contribution in [0.25, 0.3) is 0 Å². The van der Waals surface area contributed by atoms with Gasteiger partial charge in [0.15, 0.2) is 5.96 Å².